The monoisotopic (exact) mass is 329 g/mol. The first kappa shape index (κ1) is 16.9. The van der Waals surface area contributed by atoms with E-state index in [-0.39, 0.29) is 17.5 Å². The maximum atomic E-state index is 13.7. The Morgan fingerprint density at radius 3 is 2.46 bits per heavy atom. The first-order valence-electron chi connectivity index (χ1n) is 6.83. The molecule has 0 radical (unpaired) electrons. The standard InChI is InChI=1S/C16H16FN5O2/c1-24-14(23)12-8-10(5-6-13(12)17)9-3-2-4-11(7-9)21-16(20)22-15(18)19/h2-8H,1H3,(H6,18,19,20,21,22). The highest BCUT2D eigenvalue weighted by molar-refractivity contribution is 5.94. The summed E-state index contributed by atoms with van der Waals surface area (Å²) in [6.07, 6.45) is 0. The Hall–Kier alpha value is -3.42. The SMILES string of the molecule is COC(=O)c1cc(-c2cccc(N=C(N)N=C(N)N)c2)ccc1F. The minimum absolute atomic E-state index is 0.0958. The maximum absolute atomic E-state index is 13.7. The predicted molar refractivity (Wildman–Crippen MR) is 90.3 cm³/mol. The molecule has 24 heavy (non-hydrogen) atoms. The number of esters is 1. The van der Waals surface area contributed by atoms with Gasteiger partial charge in [-0.05, 0) is 35.4 Å². The second-order valence-corrected chi connectivity index (χ2v) is 4.74. The summed E-state index contributed by atoms with van der Waals surface area (Å²) >= 11 is 0. The summed E-state index contributed by atoms with van der Waals surface area (Å²) in [5.41, 5.74) is 17.7. The van der Waals surface area contributed by atoms with E-state index < -0.39 is 11.8 Å². The quantitative estimate of drug-likeness (QED) is 0.446. The number of nitrogens with two attached hydrogens (primary N) is 3. The molecule has 0 aromatic heterocycles. The topological polar surface area (TPSA) is 129 Å². The molecule has 0 aliphatic carbocycles. The number of nitrogens with zero attached hydrogens (tertiary/aromatic N) is 2. The van der Waals surface area contributed by atoms with Crippen molar-refractivity contribution in [3.8, 4) is 11.1 Å². The van der Waals surface area contributed by atoms with Gasteiger partial charge in [-0.3, -0.25) is 0 Å². The van der Waals surface area contributed by atoms with E-state index in [1.165, 1.54) is 19.2 Å². The Labute approximate surface area is 137 Å². The molecule has 7 nitrogen and oxygen atoms in total. The van der Waals surface area contributed by atoms with Crippen molar-refractivity contribution in [3.63, 3.8) is 0 Å². The molecule has 0 atom stereocenters. The fourth-order valence-electron chi connectivity index (χ4n) is 2.02. The molecule has 0 aliphatic rings. The van der Waals surface area contributed by atoms with Crippen molar-refractivity contribution in [1.29, 1.82) is 0 Å². The van der Waals surface area contributed by atoms with Crippen LogP contribution < -0.4 is 17.2 Å². The van der Waals surface area contributed by atoms with Crippen molar-refractivity contribution in [2.45, 2.75) is 0 Å². The molecule has 2 aromatic carbocycles. The van der Waals surface area contributed by atoms with E-state index in [0.29, 0.717) is 16.8 Å². The highest BCUT2D eigenvalue weighted by atomic mass is 19.1. The van der Waals surface area contributed by atoms with E-state index in [0.717, 1.165) is 0 Å². The highest BCUT2D eigenvalue weighted by Gasteiger charge is 2.13. The zero-order valence-electron chi connectivity index (χ0n) is 12.9. The third-order valence-corrected chi connectivity index (χ3v) is 3.04. The molecule has 6 N–H and O–H groups in total. The number of guanidine groups is 2. The van der Waals surface area contributed by atoms with Crippen LogP contribution in [0.4, 0.5) is 10.1 Å². The van der Waals surface area contributed by atoms with Gasteiger partial charge in [0, 0.05) is 0 Å². The van der Waals surface area contributed by atoms with Crippen LogP contribution >= 0.6 is 0 Å². The van der Waals surface area contributed by atoms with Gasteiger partial charge in [0.05, 0.1) is 18.4 Å². The number of benzene rings is 2. The molecule has 0 heterocycles. The van der Waals surface area contributed by atoms with E-state index >= 15 is 0 Å². The van der Waals surface area contributed by atoms with Gasteiger partial charge in [-0.15, -0.1) is 0 Å². The van der Waals surface area contributed by atoms with Crippen LogP contribution in [0.1, 0.15) is 10.4 Å². The van der Waals surface area contributed by atoms with Gasteiger partial charge in [-0.25, -0.2) is 14.2 Å². The molecule has 0 amide bonds. The van der Waals surface area contributed by atoms with Crippen molar-refractivity contribution in [2.75, 3.05) is 7.11 Å². The van der Waals surface area contributed by atoms with Crippen LogP contribution in [0.2, 0.25) is 0 Å². The molecule has 124 valence electrons. The molecular formula is C16H16FN5O2. The number of hydrogen-bond donors (Lipinski definition) is 3. The molecule has 8 heteroatoms. The third-order valence-electron chi connectivity index (χ3n) is 3.04. The molecule has 0 bridgehead atoms. The van der Waals surface area contributed by atoms with E-state index in [1.54, 1.807) is 30.3 Å². The van der Waals surface area contributed by atoms with Gasteiger partial charge < -0.3 is 21.9 Å². The number of methoxy groups -OCH3 is 1. The molecule has 2 rings (SSSR count). The largest absolute Gasteiger partial charge is 0.465 e. The third kappa shape index (κ3) is 4.07. The van der Waals surface area contributed by atoms with Crippen molar-refractivity contribution < 1.29 is 13.9 Å². The van der Waals surface area contributed by atoms with E-state index in [9.17, 15) is 9.18 Å². The lowest BCUT2D eigenvalue weighted by Crippen LogP contribution is -2.26. The van der Waals surface area contributed by atoms with Gasteiger partial charge in [0.1, 0.15) is 5.82 Å². The van der Waals surface area contributed by atoms with Crippen LogP contribution in [-0.2, 0) is 4.74 Å². The fraction of sp³-hybridized carbons (Fsp3) is 0.0625. The number of rotatable bonds is 3. The van der Waals surface area contributed by atoms with Gasteiger partial charge in [-0.2, -0.15) is 4.99 Å². The van der Waals surface area contributed by atoms with Crippen molar-refractivity contribution in [3.05, 3.63) is 53.8 Å². The number of carbonyl (C=O) groups is 1. The average Bonchev–Trinajstić information content (AvgIpc) is 2.54. The first-order valence-corrected chi connectivity index (χ1v) is 6.83. The first-order chi connectivity index (χ1) is 11.4. The van der Waals surface area contributed by atoms with Crippen molar-refractivity contribution in [2.24, 2.45) is 27.2 Å². The predicted octanol–water partition coefficient (Wildman–Crippen LogP) is 1.50. The van der Waals surface area contributed by atoms with Crippen LogP contribution in [0.5, 0.6) is 0 Å². The smallest absolute Gasteiger partial charge is 0.340 e. The summed E-state index contributed by atoms with van der Waals surface area (Å²) in [6.45, 7) is 0. The number of carbonyl (C=O) groups excluding carboxylic acids is 1. The minimum atomic E-state index is -0.750. The normalized spacial score (nSPS) is 11.0. The number of ether oxygens (including phenoxy) is 1. The lowest BCUT2D eigenvalue weighted by atomic mass is 10.0. The summed E-state index contributed by atoms with van der Waals surface area (Å²) in [6, 6.07) is 11.1. The van der Waals surface area contributed by atoms with Crippen LogP contribution in [0.15, 0.2) is 52.4 Å². The van der Waals surface area contributed by atoms with Gasteiger partial charge in [-0.1, -0.05) is 18.2 Å². The fourth-order valence-corrected chi connectivity index (χ4v) is 2.02. The molecule has 0 fully saturated rings. The molecule has 0 spiro atoms. The van der Waals surface area contributed by atoms with E-state index in [4.69, 9.17) is 17.2 Å². The maximum Gasteiger partial charge on any atom is 0.340 e. The van der Waals surface area contributed by atoms with Crippen LogP contribution in [-0.4, -0.2) is 25.0 Å². The molecular weight excluding hydrogens is 313 g/mol. The number of aliphatic imine (C=N–C) groups is 2. The number of halogens is 1. The summed E-state index contributed by atoms with van der Waals surface area (Å²) in [7, 11) is 1.19. The van der Waals surface area contributed by atoms with Gasteiger partial charge >= 0.3 is 5.97 Å². The highest BCUT2D eigenvalue weighted by Crippen LogP contribution is 2.26. The molecule has 0 saturated heterocycles. The Balaban J connectivity index is 2.42. The van der Waals surface area contributed by atoms with E-state index in [1.807, 2.05) is 0 Å². The summed E-state index contributed by atoms with van der Waals surface area (Å²) in [5.74, 6) is -1.70. The van der Waals surface area contributed by atoms with Crippen LogP contribution in [0.3, 0.4) is 0 Å². The molecule has 2 aromatic rings. The average molecular weight is 329 g/mol. The molecule has 0 aliphatic heterocycles. The lowest BCUT2D eigenvalue weighted by Gasteiger charge is -2.06. The van der Waals surface area contributed by atoms with Crippen LogP contribution in [0, 0.1) is 5.82 Å². The molecule has 0 saturated carbocycles. The zero-order chi connectivity index (χ0) is 17.7. The summed E-state index contributed by atoms with van der Waals surface area (Å²) < 4.78 is 18.3. The molecule has 0 unspecified atom stereocenters. The minimum Gasteiger partial charge on any atom is -0.465 e. The Morgan fingerprint density at radius 1 is 1.08 bits per heavy atom. The van der Waals surface area contributed by atoms with Gasteiger partial charge in [0.25, 0.3) is 0 Å². The second-order valence-electron chi connectivity index (χ2n) is 4.74. The van der Waals surface area contributed by atoms with E-state index in [2.05, 4.69) is 14.7 Å². The Kier molecular flexibility index (Phi) is 5.10. The van der Waals surface area contributed by atoms with Crippen molar-refractivity contribution >= 4 is 23.6 Å². The lowest BCUT2D eigenvalue weighted by molar-refractivity contribution is 0.0595. The second kappa shape index (κ2) is 7.23. The summed E-state index contributed by atoms with van der Waals surface area (Å²) in [4.78, 5) is 19.3. The van der Waals surface area contributed by atoms with Gasteiger partial charge in [0.15, 0.2) is 5.96 Å². The van der Waals surface area contributed by atoms with Crippen molar-refractivity contribution in [1.82, 2.24) is 0 Å². The number of hydrogen-bond acceptors (Lipinski definition) is 3. The Morgan fingerprint density at radius 2 is 1.79 bits per heavy atom. The van der Waals surface area contributed by atoms with Crippen LogP contribution in [0.25, 0.3) is 11.1 Å². The zero-order valence-corrected chi connectivity index (χ0v) is 12.9. The Bertz CT molecular complexity index is 829. The summed E-state index contributed by atoms with van der Waals surface area (Å²) in [5, 5.41) is 0. The van der Waals surface area contributed by atoms with Gasteiger partial charge in [0.2, 0.25) is 5.96 Å².